The van der Waals surface area contributed by atoms with Crippen molar-refractivity contribution in [3.05, 3.63) is 28.8 Å². The van der Waals surface area contributed by atoms with Crippen LogP contribution in [0, 0.1) is 0 Å². The highest BCUT2D eigenvalue weighted by atomic mass is 35.5. The van der Waals surface area contributed by atoms with Gasteiger partial charge in [0.25, 0.3) is 0 Å². The number of benzene rings is 1. The second-order valence-electron chi connectivity index (χ2n) is 3.93. The average molecular weight is 272 g/mol. The molecule has 1 aromatic carbocycles. The molecule has 5 heteroatoms. The fraction of sp³-hybridized carbons (Fsp3) is 0.462. The van der Waals surface area contributed by atoms with Gasteiger partial charge in [0, 0.05) is 23.7 Å². The van der Waals surface area contributed by atoms with Gasteiger partial charge in [0.2, 0.25) is 0 Å². The van der Waals surface area contributed by atoms with E-state index in [1.807, 2.05) is 30.0 Å². The molecule has 1 N–H and O–H groups in total. The van der Waals surface area contributed by atoms with Gasteiger partial charge in [0.1, 0.15) is 5.75 Å². The van der Waals surface area contributed by atoms with E-state index in [1.54, 1.807) is 7.11 Å². The molecule has 0 amide bonds. The Kier molecular flexibility index (Phi) is 5.95. The van der Waals surface area contributed by atoms with Crippen LogP contribution in [0.1, 0.15) is 18.9 Å². The molecule has 0 spiro atoms. The Labute approximate surface area is 112 Å². The summed E-state index contributed by atoms with van der Waals surface area (Å²) in [4.78, 5) is 12.6. The monoisotopic (exact) mass is 271 g/mol. The second kappa shape index (κ2) is 7.24. The molecular weight excluding hydrogens is 254 g/mol. The van der Waals surface area contributed by atoms with E-state index in [0.717, 1.165) is 17.9 Å². The number of hydrogen-bond acceptors (Lipinski definition) is 3. The molecule has 0 atom stereocenters. The van der Waals surface area contributed by atoms with Crippen LogP contribution in [0.5, 0.6) is 5.75 Å². The third-order valence-electron chi connectivity index (χ3n) is 2.77. The number of nitrogens with zero attached hydrogens (tertiary/aromatic N) is 1. The zero-order valence-electron chi connectivity index (χ0n) is 10.6. The van der Waals surface area contributed by atoms with Gasteiger partial charge < -0.3 is 9.84 Å². The van der Waals surface area contributed by atoms with Crippen molar-refractivity contribution < 1.29 is 14.6 Å². The van der Waals surface area contributed by atoms with E-state index < -0.39 is 5.97 Å². The molecule has 100 valence electrons. The molecule has 0 fully saturated rings. The number of aliphatic carboxylic acids is 1. The van der Waals surface area contributed by atoms with Gasteiger partial charge in [-0.15, -0.1) is 0 Å². The summed E-state index contributed by atoms with van der Waals surface area (Å²) < 4.78 is 5.27. The first-order valence-corrected chi connectivity index (χ1v) is 6.21. The van der Waals surface area contributed by atoms with Crippen LogP contribution in [0.4, 0.5) is 0 Å². The molecule has 0 unspecified atom stereocenters. The zero-order valence-corrected chi connectivity index (χ0v) is 11.4. The molecule has 0 aliphatic carbocycles. The summed E-state index contributed by atoms with van der Waals surface area (Å²) in [5.41, 5.74) is 0.897. The third-order valence-corrected chi connectivity index (χ3v) is 3.12. The largest absolute Gasteiger partial charge is 0.496 e. The van der Waals surface area contributed by atoms with Gasteiger partial charge in [-0.2, -0.15) is 0 Å². The number of halogens is 1. The summed E-state index contributed by atoms with van der Waals surface area (Å²) in [5, 5.41) is 9.34. The molecule has 0 bridgehead atoms. The molecule has 0 aromatic heterocycles. The molecule has 0 radical (unpaired) electrons. The van der Waals surface area contributed by atoms with Gasteiger partial charge in [0.05, 0.1) is 13.5 Å². The quantitative estimate of drug-likeness (QED) is 0.828. The first-order valence-electron chi connectivity index (χ1n) is 5.84. The van der Waals surface area contributed by atoms with Crippen molar-refractivity contribution in [2.75, 3.05) is 20.2 Å². The van der Waals surface area contributed by atoms with E-state index >= 15 is 0 Å². The van der Waals surface area contributed by atoms with Gasteiger partial charge in [-0.1, -0.05) is 24.6 Å². The molecule has 0 heterocycles. The maximum atomic E-state index is 10.6. The molecule has 18 heavy (non-hydrogen) atoms. The fourth-order valence-electron chi connectivity index (χ4n) is 1.71. The Morgan fingerprint density at radius 3 is 2.78 bits per heavy atom. The zero-order chi connectivity index (χ0) is 13.5. The Hall–Kier alpha value is -1.26. The topological polar surface area (TPSA) is 49.8 Å². The lowest BCUT2D eigenvalue weighted by molar-refractivity contribution is -0.137. The number of ether oxygens (including phenoxy) is 1. The number of carboxylic acid groups (broad SMARTS) is 1. The van der Waals surface area contributed by atoms with Gasteiger partial charge in [-0.05, 0) is 18.7 Å². The van der Waals surface area contributed by atoms with Crippen molar-refractivity contribution in [3.8, 4) is 5.75 Å². The Balaban J connectivity index is 2.77. The molecule has 4 nitrogen and oxygen atoms in total. The summed E-state index contributed by atoms with van der Waals surface area (Å²) >= 11 is 6.15. The summed E-state index contributed by atoms with van der Waals surface area (Å²) in [6, 6.07) is 5.49. The molecule has 1 aromatic rings. The number of hydrogen-bond donors (Lipinski definition) is 1. The van der Waals surface area contributed by atoms with Crippen LogP contribution in [0.2, 0.25) is 5.02 Å². The van der Waals surface area contributed by atoms with Crippen LogP contribution in [-0.2, 0) is 11.3 Å². The summed E-state index contributed by atoms with van der Waals surface area (Å²) in [7, 11) is 1.60. The van der Waals surface area contributed by atoms with Crippen molar-refractivity contribution in [1.82, 2.24) is 4.90 Å². The summed E-state index contributed by atoms with van der Waals surface area (Å²) in [5.74, 6) is -0.0594. The highest BCUT2D eigenvalue weighted by Crippen LogP contribution is 2.27. The second-order valence-corrected chi connectivity index (χ2v) is 4.34. The van der Waals surface area contributed by atoms with Crippen molar-refractivity contribution in [3.63, 3.8) is 0 Å². The lowest BCUT2D eigenvalue weighted by atomic mass is 10.2. The lowest BCUT2D eigenvalue weighted by Gasteiger charge is -2.21. The standard InChI is InChI=1S/C13H18ClNO3/c1-3-15(8-7-13(16)17)9-10-11(14)5-4-6-12(10)18-2/h4-6H,3,7-9H2,1-2H3,(H,16,17). The van der Waals surface area contributed by atoms with Gasteiger partial charge in [0.15, 0.2) is 0 Å². The van der Waals surface area contributed by atoms with Gasteiger partial charge in [-0.25, -0.2) is 0 Å². The number of carbonyl (C=O) groups is 1. The minimum Gasteiger partial charge on any atom is -0.496 e. The van der Waals surface area contributed by atoms with E-state index in [1.165, 1.54) is 0 Å². The highest BCUT2D eigenvalue weighted by molar-refractivity contribution is 6.31. The maximum absolute atomic E-state index is 10.6. The van der Waals surface area contributed by atoms with Crippen molar-refractivity contribution in [2.45, 2.75) is 19.9 Å². The van der Waals surface area contributed by atoms with E-state index in [2.05, 4.69) is 0 Å². The molecule has 0 aliphatic heterocycles. The van der Waals surface area contributed by atoms with E-state index in [9.17, 15) is 4.79 Å². The number of methoxy groups -OCH3 is 1. The molecular formula is C13H18ClNO3. The van der Waals surface area contributed by atoms with Crippen molar-refractivity contribution >= 4 is 17.6 Å². The van der Waals surface area contributed by atoms with Crippen LogP contribution in [0.3, 0.4) is 0 Å². The molecule has 0 aliphatic rings. The third kappa shape index (κ3) is 4.20. The van der Waals surface area contributed by atoms with Crippen molar-refractivity contribution in [2.24, 2.45) is 0 Å². The number of carboxylic acids is 1. The van der Waals surface area contributed by atoms with E-state index in [0.29, 0.717) is 18.1 Å². The molecule has 0 saturated carbocycles. The summed E-state index contributed by atoms with van der Waals surface area (Å²) in [6.45, 7) is 3.85. The van der Waals surface area contributed by atoms with E-state index in [-0.39, 0.29) is 6.42 Å². The SMILES string of the molecule is CCN(CCC(=O)O)Cc1c(Cl)cccc1OC. The first kappa shape index (κ1) is 14.8. The molecule has 1 rings (SSSR count). The lowest BCUT2D eigenvalue weighted by Crippen LogP contribution is -2.26. The normalized spacial score (nSPS) is 10.7. The van der Waals surface area contributed by atoms with Gasteiger partial charge in [-0.3, -0.25) is 9.69 Å². The van der Waals surface area contributed by atoms with Crippen LogP contribution in [0.15, 0.2) is 18.2 Å². The van der Waals surface area contributed by atoms with Crippen LogP contribution < -0.4 is 4.74 Å². The Morgan fingerprint density at radius 2 is 2.22 bits per heavy atom. The van der Waals surface area contributed by atoms with Crippen LogP contribution in [-0.4, -0.2) is 36.2 Å². The van der Waals surface area contributed by atoms with Crippen molar-refractivity contribution in [1.29, 1.82) is 0 Å². The summed E-state index contributed by atoms with van der Waals surface area (Å²) in [6.07, 6.45) is 0.126. The average Bonchev–Trinajstić information content (AvgIpc) is 2.35. The van der Waals surface area contributed by atoms with E-state index in [4.69, 9.17) is 21.4 Å². The minimum atomic E-state index is -0.792. The minimum absolute atomic E-state index is 0.126. The van der Waals surface area contributed by atoms with Crippen LogP contribution in [0.25, 0.3) is 0 Å². The van der Waals surface area contributed by atoms with Gasteiger partial charge >= 0.3 is 5.97 Å². The van der Waals surface area contributed by atoms with Crippen LogP contribution >= 0.6 is 11.6 Å². The predicted molar refractivity (Wildman–Crippen MR) is 71.2 cm³/mol. The highest BCUT2D eigenvalue weighted by Gasteiger charge is 2.12. The smallest absolute Gasteiger partial charge is 0.304 e. The Bertz CT molecular complexity index is 409. The fourth-order valence-corrected chi connectivity index (χ4v) is 1.94. The molecule has 0 saturated heterocycles. The maximum Gasteiger partial charge on any atom is 0.304 e. The predicted octanol–water partition coefficient (Wildman–Crippen LogP) is 2.65. The Morgan fingerprint density at radius 1 is 1.50 bits per heavy atom. The number of rotatable bonds is 7. The first-order chi connectivity index (χ1) is 8.58.